The number of benzene rings is 1. The molecule has 11 nitrogen and oxygen atoms in total. The second-order valence-electron chi connectivity index (χ2n) is 7.18. The zero-order chi connectivity index (χ0) is 20.9. The molecule has 1 saturated heterocycles. The molecule has 1 amide bonds. The van der Waals surface area contributed by atoms with Gasteiger partial charge in [-0.3, -0.25) is 14.2 Å². The zero-order valence-corrected chi connectivity index (χ0v) is 16.5. The molecule has 5 rings (SSSR count). The summed E-state index contributed by atoms with van der Waals surface area (Å²) in [5.41, 5.74) is 0.407. The first kappa shape index (κ1) is 18.6. The highest BCUT2D eigenvalue weighted by Crippen LogP contribution is 2.34. The summed E-state index contributed by atoms with van der Waals surface area (Å²) >= 11 is 0. The van der Waals surface area contributed by atoms with Crippen LogP contribution in [0.2, 0.25) is 0 Å². The molecule has 156 valence electrons. The molecule has 0 radical (unpaired) electrons. The van der Waals surface area contributed by atoms with Gasteiger partial charge in [-0.2, -0.15) is 5.10 Å². The molecule has 0 aliphatic carbocycles. The van der Waals surface area contributed by atoms with E-state index in [1.54, 1.807) is 18.2 Å². The van der Waals surface area contributed by atoms with Crippen molar-refractivity contribution in [3.63, 3.8) is 0 Å². The molecule has 1 N–H and O–H groups in total. The van der Waals surface area contributed by atoms with Gasteiger partial charge >= 0.3 is 0 Å². The number of rotatable bonds is 4. The van der Waals surface area contributed by atoms with E-state index in [4.69, 9.17) is 9.47 Å². The fourth-order valence-electron chi connectivity index (χ4n) is 3.64. The Labute approximate surface area is 170 Å². The highest BCUT2D eigenvalue weighted by Gasteiger charge is 2.31. The smallest absolute Gasteiger partial charge is 0.264 e. The van der Waals surface area contributed by atoms with Gasteiger partial charge in [0.15, 0.2) is 27.0 Å². The van der Waals surface area contributed by atoms with Gasteiger partial charge in [0.1, 0.15) is 18.3 Å². The number of fused-ring (bicyclic) bond motifs is 2. The van der Waals surface area contributed by atoms with Crippen molar-refractivity contribution in [1.29, 1.82) is 0 Å². The van der Waals surface area contributed by atoms with Crippen LogP contribution in [0.4, 0.5) is 5.69 Å². The van der Waals surface area contributed by atoms with E-state index in [-0.39, 0.29) is 36.3 Å². The van der Waals surface area contributed by atoms with Crippen LogP contribution < -0.4 is 20.3 Å². The van der Waals surface area contributed by atoms with Crippen molar-refractivity contribution < 1.29 is 22.7 Å². The summed E-state index contributed by atoms with van der Waals surface area (Å²) in [7, 11) is -3.10. The third kappa shape index (κ3) is 3.28. The predicted molar refractivity (Wildman–Crippen MR) is 105 cm³/mol. The van der Waals surface area contributed by atoms with Gasteiger partial charge in [0.2, 0.25) is 12.7 Å². The highest BCUT2D eigenvalue weighted by molar-refractivity contribution is 7.91. The number of nitrogens with one attached hydrogen (secondary N) is 1. The SMILES string of the molecule is O=C(Cn1cnc2c(cnn2C2CCS(=O)(=O)C2)c1=O)Nc1ccc2c(c1)OCO2. The van der Waals surface area contributed by atoms with Crippen molar-refractivity contribution >= 4 is 32.5 Å². The molecule has 1 unspecified atom stereocenters. The summed E-state index contributed by atoms with van der Waals surface area (Å²) < 4.78 is 36.7. The molecule has 2 aliphatic heterocycles. The Morgan fingerprint density at radius 3 is 2.90 bits per heavy atom. The van der Waals surface area contributed by atoms with Crippen LogP contribution in [0, 0.1) is 0 Å². The first-order valence-electron chi connectivity index (χ1n) is 9.22. The first-order chi connectivity index (χ1) is 14.4. The molecule has 2 aromatic heterocycles. The summed E-state index contributed by atoms with van der Waals surface area (Å²) in [6, 6.07) is 4.67. The summed E-state index contributed by atoms with van der Waals surface area (Å²) in [6.07, 6.45) is 3.06. The minimum atomic E-state index is -3.10. The Morgan fingerprint density at radius 2 is 2.10 bits per heavy atom. The number of aromatic nitrogens is 4. The fourth-order valence-corrected chi connectivity index (χ4v) is 5.34. The van der Waals surface area contributed by atoms with Crippen LogP contribution in [0.25, 0.3) is 11.0 Å². The molecule has 0 spiro atoms. The minimum Gasteiger partial charge on any atom is -0.454 e. The van der Waals surface area contributed by atoms with E-state index in [0.29, 0.717) is 29.3 Å². The molecule has 1 aromatic carbocycles. The average molecular weight is 431 g/mol. The molecule has 1 atom stereocenters. The summed E-state index contributed by atoms with van der Waals surface area (Å²) in [6.45, 7) is -0.104. The number of amides is 1. The topological polar surface area (TPSA) is 134 Å². The van der Waals surface area contributed by atoms with E-state index in [0.717, 1.165) is 0 Å². The minimum absolute atomic E-state index is 0.0213. The predicted octanol–water partition coefficient (Wildman–Crippen LogP) is 0.320. The van der Waals surface area contributed by atoms with Crippen molar-refractivity contribution in [2.45, 2.75) is 19.0 Å². The van der Waals surface area contributed by atoms with Gasteiger partial charge in [0.05, 0.1) is 23.7 Å². The van der Waals surface area contributed by atoms with E-state index in [2.05, 4.69) is 15.4 Å². The second-order valence-corrected chi connectivity index (χ2v) is 9.41. The molecule has 12 heteroatoms. The molecule has 30 heavy (non-hydrogen) atoms. The normalized spacial score (nSPS) is 19.3. The van der Waals surface area contributed by atoms with E-state index in [9.17, 15) is 18.0 Å². The lowest BCUT2D eigenvalue weighted by molar-refractivity contribution is -0.116. The van der Waals surface area contributed by atoms with Crippen LogP contribution >= 0.6 is 0 Å². The molecular weight excluding hydrogens is 414 g/mol. The lowest BCUT2D eigenvalue weighted by Gasteiger charge is -2.10. The van der Waals surface area contributed by atoms with Gasteiger partial charge in [0.25, 0.3) is 5.56 Å². The van der Waals surface area contributed by atoms with E-state index < -0.39 is 21.3 Å². The van der Waals surface area contributed by atoms with Crippen molar-refractivity contribution in [3.8, 4) is 11.5 Å². The number of sulfone groups is 1. The van der Waals surface area contributed by atoms with E-state index in [1.165, 1.54) is 21.8 Å². The maximum Gasteiger partial charge on any atom is 0.264 e. The number of hydrogen-bond acceptors (Lipinski definition) is 8. The van der Waals surface area contributed by atoms with Crippen molar-refractivity contribution in [3.05, 3.63) is 41.1 Å². The molecule has 0 bridgehead atoms. The number of ether oxygens (including phenoxy) is 2. The number of nitrogens with zero attached hydrogens (tertiary/aromatic N) is 4. The van der Waals surface area contributed by atoms with Gasteiger partial charge in [0, 0.05) is 11.8 Å². The molecule has 2 aliphatic rings. The highest BCUT2D eigenvalue weighted by atomic mass is 32.2. The monoisotopic (exact) mass is 431 g/mol. The molecule has 0 saturated carbocycles. The van der Waals surface area contributed by atoms with Crippen LogP contribution in [0.5, 0.6) is 11.5 Å². The quantitative estimate of drug-likeness (QED) is 0.624. The van der Waals surface area contributed by atoms with Crippen LogP contribution in [0.3, 0.4) is 0 Å². The summed E-state index contributed by atoms with van der Waals surface area (Å²) in [4.78, 5) is 29.4. The first-order valence-corrected chi connectivity index (χ1v) is 11.0. The third-order valence-electron chi connectivity index (χ3n) is 5.10. The van der Waals surface area contributed by atoms with Gasteiger partial charge < -0.3 is 14.8 Å². The third-order valence-corrected chi connectivity index (χ3v) is 6.85. The lowest BCUT2D eigenvalue weighted by Crippen LogP contribution is -2.28. The molecular formula is C18H17N5O6S. The van der Waals surface area contributed by atoms with Crippen LogP contribution in [0.1, 0.15) is 12.5 Å². The lowest BCUT2D eigenvalue weighted by atomic mass is 10.2. The largest absolute Gasteiger partial charge is 0.454 e. The molecule has 3 aromatic rings. The molecule has 1 fully saturated rings. The van der Waals surface area contributed by atoms with Gasteiger partial charge in [-0.05, 0) is 18.6 Å². The average Bonchev–Trinajstić information content (AvgIpc) is 3.41. The number of carbonyl (C=O) groups excluding carboxylic acids is 1. The van der Waals surface area contributed by atoms with Gasteiger partial charge in [-0.1, -0.05) is 0 Å². The Kier molecular flexibility index (Phi) is 4.24. The Balaban J connectivity index is 1.35. The van der Waals surface area contributed by atoms with Crippen molar-refractivity contribution in [1.82, 2.24) is 19.3 Å². The van der Waals surface area contributed by atoms with E-state index >= 15 is 0 Å². The summed E-state index contributed by atoms with van der Waals surface area (Å²) in [5, 5.41) is 7.11. The Morgan fingerprint density at radius 1 is 1.27 bits per heavy atom. The summed E-state index contributed by atoms with van der Waals surface area (Å²) in [5.74, 6) is 0.800. The molecule has 4 heterocycles. The maximum absolute atomic E-state index is 12.8. The number of hydrogen-bond donors (Lipinski definition) is 1. The standard InChI is InChI=1S/C18H17N5O6S/c24-16(21-11-1-2-14-15(5-11)29-10-28-14)7-22-9-19-17-13(18(22)25)6-20-23(17)12-3-4-30(26,27)8-12/h1-2,5-6,9,12H,3-4,7-8,10H2,(H,21,24). The Hall–Kier alpha value is -3.41. The zero-order valence-electron chi connectivity index (χ0n) is 15.6. The number of anilines is 1. The fraction of sp³-hybridized carbons (Fsp3) is 0.333. The van der Waals surface area contributed by atoms with Crippen molar-refractivity contribution in [2.75, 3.05) is 23.6 Å². The maximum atomic E-state index is 12.8. The van der Waals surface area contributed by atoms with Crippen LogP contribution in [-0.4, -0.2) is 52.0 Å². The van der Waals surface area contributed by atoms with Crippen molar-refractivity contribution in [2.24, 2.45) is 0 Å². The van der Waals surface area contributed by atoms with Crippen LogP contribution in [0.15, 0.2) is 35.5 Å². The van der Waals surface area contributed by atoms with Gasteiger partial charge in [-0.25, -0.2) is 18.1 Å². The number of carbonyl (C=O) groups is 1. The Bertz CT molecular complexity index is 1330. The van der Waals surface area contributed by atoms with E-state index in [1.807, 2.05) is 0 Å². The second kappa shape index (κ2) is 6.83. The van der Waals surface area contributed by atoms with Gasteiger partial charge in [-0.15, -0.1) is 0 Å². The van der Waals surface area contributed by atoms with Crippen LogP contribution in [-0.2, 0) is 21.2 Å².